The topological polar surface area (TPSA) is 63.5 Å². The lowest BCUT2D eigenvalue weighted by Crippen LogP contribution is -2.43. The number of carbonyl (C=O) groups excluding carboxylic acids is 1. The zero-order valence-electron chi connectivity index (χ0n) is 11.9. The first-order chi connectivity index (χ1) is 9.02. The van der Waals surface area contributed by atoms with Crippen molar-refractivity contribution in [3.05, 3.63) is 23.2 Å². The first-order valence-corrected chi connectivity index (χ1v) is 6.65. The molecule has 1 aromatic heterocycles. The minimum absolute atomic E-state index is 0.0302. The van der Waals surface area contributed by atoms with Crippen molar-refractivity contribution in [2.24, 2.45) is 5.92 Å². The van der Waals surface area contributed by atoms with Crippen LogP contribution in [0.5, 0.6) is 0 Å². The van der Waals surface area contributed by atoms with E-state index in [-0.39, 0.29) is 23.9 Å². The lowest BCUT2D eigenvalue weighted by molar-refractivity contribution is -0.126. The van der Waals surface area contributed by atoms with Crippen LogP contribution in [0.15, 0.2) is 10.5 Å². The molecule has 3 unspecified atom stereocenters. The summed E-state index contributed by atoms with van der Waals surface area (Å²) < 4.78 is 10.9. The van der Waals surface area contributed by atoms with Crippen LogP contribution in [-0.2, 0) is 9.53 Å². The number of ether oxygens (including phenoxy) is 1. The van der Waals surface area contributed by atoms with Crippen LogP contribution in [0.1, 0.15) is 30.0 Å². The van der Waals surface area contributed by atoms with Gasteiger partial charge in [-0.15, -0.1) is 0 Å². The molecule has 1 aliphatic heterocycles. The van der Waals surface area contributed by atoms with Gasteiger partial charge in [0.1, 0.15) is 11.5 Å². The molecule has 2 rings (SSSR count). The van der Waals surface area contributed by atoms with Gasteiger partial charge >= 0.3 is 0 Å². The number of likely N-dealkylation sites (N-methyl/N-ethyl adjacent to an activating group) is 1. The summed E-state index contributed by atoms with van der Waals surface area (Å²) in [5.74, 6) is 1.63. The number of hydrogen-bond acceptors (Lipinski definition) is 4. The van der Waals surface area contributed by atoms with Gasteiger partial charge in [-0.25, -0.2) is 0 Å². The van der Waals surface area contributed by atoms with Gasteiger partial charge < -0.3 is 19.8 Å². The molecule has 5 nitrogen and oxygen atoms in total. The van der Waals surface area contributed by atoms with E-state index in [1.54, 1.807) is 0 Å². The van der Waals surface area contributed by atoms with Gasteiger partial charge in [0.25, 0.3) is 0 Å². The molecule has 19 heavy (non-hydrogen) atoms. The molecule has 1 aromatic rings. The minimum Gasteiger partial charge on any atom is -0.466 e. The Morgan fingerprint density at radius 1 is 1.42 bits per heavy atom. The molecule has 0 bridgehead atoms. The Balaban J connectivity index is 2.00. The molecule has 0 aromatic carbocycles. The molecule has 1 aliphatic rings. The molecule has 1 fully saturated rings. The Morgan fingerprint density at radius 2 is 2.16 bits per heavy atom. The average Bonchev–Trinajstić information content (AvgIpc) is 2.95. The van der Waals surface area contributed by atoms with Gasteiger partial charge in [0.15, 0.2) is 0 Å². The largest absolute Gasteiger partial charge is 0.466 e. The lowest BCUT2D eigenvalue weighted by atomic mass is 10.0. The molecule has 0 spiro atoms. The van der Waals surface area contributed by atoms with Crippen LogP contribution < -0.4 is 10.6 Å². The predicted octanol–water partition coefficient (Wildman–Crippen LogP) is 1.31. The van der Waals surface area contributed by atoms with Gasteiger partial charge in [-0.3, -0.25) is 4.79 Å². The maximum atomic E-state index is 12.3. The molecule has 2 N–H and O–H groups in total. The quantitative estimate of drug-likeness (QED) is 0.862. The lowest BCUT2D eigenvalue weighted by Gasteiger charge is -2.19. The maximum absolute atomic E-state index is 12.3. The first-order valence-electron chi connectivity index (χ1n) is 6.65. The van der Waals surface area contributed by atoms with Crippen molar-refractivity contribution in [1.82, 2.24) is 10.6 Å². The molecular formula is C14H22N2O3. The number of rotatable bonds is 4. The summed E-state index contributed by atoms with van der Waals surface area (Å²) in [5, 5.41) is 6.16. The molecular weight excluding hydrogens is 244 g/mol. The first kappa shape index (κ1) is 14.1. The van der Waals surface area contributed by atoms with Crippen molar-refractivity contribution in [2.45, 2.75) is 32.9 Å². The molecule has 2 heterocycles. The van der Waals surface area contributed by atoms with Crippen LogP contribution in [0.4, 0.5) is 0 Å². The van der Waals surface area contributed by atoms with E-state index in [0.29, 0.717) is 13.2 Å². The summed E-state index contributed by atoms with van der Waals surface area (Å²) in [6.45, 7) is 6.87. The molecule has 0 saturated carbocycles. The van der Waals surface area contributed by atoms with E-state index in [0.717, 1.165) is 17.1 Å². The second kappa shape index (κ2) is 5.75. The number of carbonyl (C=O) groups is 1. The monoisotopic (exact) mass is 266 g/mol. The Kier molecular flexibility index (Phi) is 4.27. The van der Waals surface area contributed by atoms with Crippen LogP contribution in [0, 0.1) is 19.8 Å². The summed E-state index contributed by atoms with van der Waals surface area (Å²) in [6, 6.07) is 2.02. The predicted molar refractivity (Wildman–Crippen MR) is 71.9 cm³/mol. The van der Waals surface area contributed by atoms with Crippen molar-refractivity contribution in [2.75, 3.05) is 20.3 Å². The second-order valence-electron chi connectivity index (χ2n) is 5.14. The van der Waals surface area contributed by atoms with E-state index in [2.05, 4.69) is 10.6 Å². The SMILES string of the molecule is CNC1COCC1C(=O)NC(C)c1cc(C)oc1C. The summed E-state index contributed by atoms with van der Waals surface area (Å²) in [4.78, 5) is 12.3. The van der Waals surface area contributed by atoms with Crippen LogP contribution >= 0.6 is 0 Å². The van der Waals surface area contributed by atoms with E-state index in [9.17, 15) is 4.79 Å². The van der Waals surface area contributed by atoms with Gasteiger partial charge in [-0.2, -0.15) is 0 Å². The third kappa shape index (κ3) is 2.98. The summed E-state index contributed by atoms with van der Waals surface area (Å²) in [6.07, 6.45) is 0. The number of furan rings is 1. The third-order valence-corrected chi connectivity index (χ3v) is 3.69. The summed E-state index contributed by atoms with van der Waals surface area (Å²) >= 11 is 0. The molecule has 5 heteroatoms. The summed E-state index contributed by atoms with van der Waals surface area (Å²) in [7, 11) is 1.85. The Morgan fingerprint density at radius 3 is 2.74 bits per heavy atom. The van der Waals surface area contributed by atoms with Crippen molar-refractivity contribution in [1.29, 1.82) is 0 Å². The fraction of sp³-hybridized carbons (Fsp3) is 0.643. The van der Waals surface area contributed by atoms with Crippen LogP contribution in [0.25, 0.3) is 0 Å². The molecule has 0 radical (unpaired) electrons. The normalized spacial score (nSPS) is 24.4. The fourth-order valence-corrected chi connectivity index (χ4v) is 2.58. The fourth-order valence-electron chi connectivity index (χ4n) is 2.58. The van der Waals surface area contributed by atoms with Crippen LogP contribution in [0.3, 0.4) is 0 Å². The van der Waals surface area contributed by atoms with E-state index >= 15 is 0 Å². The Bertz CT molecular complexity index is 456. The van der Waals surface area contributed by atoms with E-state index in [1.165, 1.54) is 0 Å². The van der Waals surface area contributed by atoms with Gasteiger partial charge in [0, 0.05) is 11.6 Å². The highest BCUT2D eigenvalue weighted by Crippen LogP contribution is 2.22. The number of aryl methyl sites for hydroxylation is 2. The minimum atomic E-state index is -0.124. The maximum Gasteiger partial charge on any atom is 0.227 e. The third-order valence-electron chi connectivity index (χ3n) is 3.69. The Hall–Kier alpha value is -1.33. The highest BCUT2D eigenvalue weighted by molar-refractivity contribution is 5.80. The Labute approximate surface area is 113 Å². The highest BCUT2D eigenvalue weighted by atomic mass is 16.5. The highest BCUT2D eigenvalue weighted by Gasteiger charge is 2.33. The number of hydrogen-bond donors (Lipinski definition) is 2. The van der Waals surface area contributed by atoms with Crippen LogP contribution in [-0.4, -0.2) is 32.2 Å². The van der Waals surface area contributed by atoms with Gasteiger partial charge in [-0.1, -0.05) is 0 Å². The molecule has 0 aliphatic carbocycles. The molecule has 106 valence electrons. The smallest absolute Gasteiger partial charge is 0.227 e. The van der Waals surface area contributed by atoms with Gasteiger partial charge in [-0.05, 0) is 33.9 Å². The zero-order valence-corrected chi connectivity index (χ0v) is 11.9. The van der Waals surface area contributed by atoms with E-state index in [1.807, 2.05) is 33.9 Å². The number of nitrogens with one attached hydrogen (secondary N) is 2. The van der Waals surface area contributed by atoms with E-state index in [4.69, 9.17) is 9.15 Å². The number of amides is 1. The average molecular weight is 266 g/mol. The van der Waals surface area contributed by atoms with Gasteiger partial charge in [0.2, 0.25) is 5.91 Å². The molecule has 1 amide bonds. The van der Waals surface area contributed by atoms with Gasteiger partial charge in [0.05, 0.1) is 25.2 Å². The van der Waals surface area contributed by atoms with Crippen molar-refractivity contribution >= 4 is 5.91 Å². The summed E-state index contributed by atoms with van der Waals surface area (Å²) in [5.41, 5.74) is 1.03. The zero-order chi connectivity index (χ0) is 14.0. The molecule has 3 atom stereocenters. The molecule has 1 saturated heterocycles. The van der Waals surface area contributed by atoms with Crippen molar-refractivity contribution in [3.8, 4) is 0 Å². The standard InChI is InChI=1S/C14H22N2O3/c1-8-5-11(10(3)19-8)9(2)16-14(17)12-6-18-7-13(12)15-4/h5,9,12-13,15H,6-7H2,1-4H3,(H,16,17). The van der Waals surface area contributed by atoms with E-state index < -0.39 is 0 Å². The van der Waals surface area contributed by atoms with Crippen molar-refractivity contribution in [3.63, 3.8) is 0 Å². The second-order valence-corrected chi connectivity index (χ2v) is 5.14. The van der Waals surface area contributed by atoms with Crippen LogP contribution in [0.2, 0.25) is 0 Å². The van der Waals surface area contributed by atoms with Crippen molar-refractivity contribution < 1.29 is 13.9 Å².